The molecule has 0 saturated heterocycles. The fourth-order valence-electron chi connectivity index (χ4n) is 2.00. The van der Waals surface area contributed by atoms with Crippen molar-refractivity contribution < 1.29 is 14.6 Å². The highest BCUT2D eigenvalue weighted by Crippen LogP contribution is 2.14. The van der Waals surface area contributed by atoms with Crippen molar-refractivity contribution in [2.45, 2.75) is 32.7 Å². The lowest BCUT2D eigenvalue weighted by atomic mass is 10.1. The van der Waals surface area contributed by atoms with Gasteiger partial charge in [-0.1, -0.05) is 12.1 Å². The number of amides is 1. The van der Waals surface area contributed by atoms with Gasteiger partial charge in [0.15, 0.2) is 0 Å². The normalized spacial score (nSPS) is 10.6. The zero-order valence-corrected chi connectivity index (χ0v) is 11.9. The molecule has 4 heteroatoms. The molecule has 0 radical (unpaired) electrons. The van der Waals surface area contributed by atoms with E-state index in [-0.39, 0.29) is 18.6 Å². The molecule has 1 N–H and O–H groups in total. The smallest absolute Gasteiger partial charge is 0.223 e. The fraction of sp³-hybridized carbons (Fsp3) is 0.533. The molecule has 106 valence electrons. The molecule has 0 spiro atoms. The molecule has 0 aliphatic heterocycles. The van der Waals surface area contributed by atoms with Crippen molar-refractivity contribution >= 4 is 5.91 Å². The molecule has 19 heavy (non-hydrogen) atoms. The van der Waals surface area contributed by atoms with Crippen LogP contribution in [0.1, 0.15) is 25.8 Å². The van der Waals surface area contributed by atoms with Gasteiger partial charge in [0.05, 0.1) is 13.7 Å². The third-order valence-electron chi connectivity index (χ3n) is 3.05. The van der Waals surface area contributed by atoms with Crippen molar-refractivity contribution in [3.05, 3.63) is 29.8 Å². The van der Waals surface area contributed by atoms with Crippen LogP contribution in [0.15, 0.2) is 24.3 Å². The number of aliphatic hydroxyl groups excluding tert-OH is 1. The summed E-state index contributed by atoms with van der Waals surface area (Å²) in [5, 5.41) is 8.98. The number of aliphatic hydroxyl groups is 1. The standard InChI is InChI=1S/C15H23NO3/c1-12(2)16(9-10-17)15(18)8-7-13-5-4-6-14(11-13)19-3/h4-6,11-12,17H,7-10H2,1-3H3. The third-order valence-corrected chi connectivity index (χ3v) is 3.05. The number of methoxy groups -OCH3 is 1. The van der Waals surface area contributed by atoms with Crippen LogP contribution < -0.4 is 4.74 Å². The maximum absolute atomic E-state index is 12.1. The number of carbonyl (C=O) groups excluding carboxylic acids is 1. The second kappa shape index (κ2) is 7.79. The molecule has 1 aromatic rings. The van der Waals surface area contributed by atoms with Crippen LogP contribution in [-0.4, -0.2) is 42.2 Å². The van der Waals surface area contributed by atoms with E-state index in [2.05, 4.69) is 0 Å². The Morgan fingerprint density at radius 1 is 1.42 bits per heavy atom. The average Bonchev–Trinajstić information content (AvgIpc) is 2.42. The number of aryl methyl sites for hydroxylation is 1. The van der Waals surface area contributed by atoms with Crippen LogP contribution in [0.25, 0.3) is 0 Å². The highest BCUT2D eigenvalue weighted by molar-refractivity contribution is 5.76. The van der Waals surface area contributed by atoms with Gasteiger partial charge in [0, 0.05) is 19.0 Å². The van der Waals surface area contributed by atoms with E-state index in [0.29, 0.717) is 19.4 Å². The molecule has 1 rings (SSSR count). The van der Waals surface area contributed by atoms with E-state index in [1.807, 2.05) is 38.1 Å². The summed E-state index contributed by atoms with van der Waals surface area (Å²) in [6, 6.07) is 7.86. The summed E-state index contributed by atoms with van der Waals surface area (Å²) in [6.07, 6.45) is 1.13. The van der Waals surface area contributed by atoms with Gasteiger partial charge >= 0.3 is 0 Å². The van der Waals surface area contributed by atoms with Gasteiger partial charge in [0.25, 0.3) is 0 Å². The van der Waals surface area contributed by atoms with Crippen LogP contribution in [0.2, 0.25) is 0 Å². The predicted octanol–water partition coefficient (Wildman–Crippen LogP) is 1.86. The van der Waals surface area contributed by atoms with E-state index in [9.17, 15) is 4.79 Å². The molecule has 0 unspecified atom stereocenters. The summed E-state index contributed by atoms with van der Waals surface area (Å²) in [5.41, 5.74) is 1.08. The van der Waals surface area contributed by atoms with Gasteiger partial charge in [-0.15, -0.1) is 0 Å². The van der Waals surface area contributed by atoms with E-state index in [4.69, 9.17) is 9.84 Å². The van der Waals surface area contributed by atoms with E-state index in [1.165, 1.54) is 0 Å². The van der Waals surface area contributed by atoms with Crippen LogP contribution >= 0.6 is 0 Å². The lowest BCUT2D eigenvalue weighted by molar-refractivity contribution is -0.133. The number of ether oxygens (including phenoxy) is 1. The lowest BCUT2D eigenvalue weighted by Crippen LogP contribution is -2.39. The highest BCUT2D eigenvalue weighted by Gasteiger charge is 2.15. The molecular weight excluding hydrogens is 242 g/mol. The van der Waals surface area contributed by atoms with E-state index >= 15 is 0 Å². The minimum atomic E-state index is 0.00306. The van der Waals surface area contributed by atoms with Crippen LogP contribution in [0.4, 0.5) is 0 Å². The molecule has 0 saturated carbocycles. The zero-order chi connectivity index (χ0) is 14.3. The summed E-state index contributed by atoms with van der Waals surface area (Å²) in [6.45, 7) is 4.32. The Balaban J connectivity index is 2.56. The molecule has 0 atom stereocenters. The van der Waals surface area contributed by atoms with Crippen LogP contribution in [0.3, 0.4) is 0 Å². The summed E-state index contributed by atoms with van der Waals surface area (Å²) in [7, 11) is 1.63. The van der Waals surface area contributed by atoms with Gasteiger partial charge in [-0.3, -0.25) is 4.79 Å². The summed E-state index contributed by atoms with van der Waals surface area (Å²) in [5.74, 6) is 0.882. The largest absolute Gasteiger partial charge is 0.497 e. The summed E-state index contributed by atoms with van der Waals surface area (Å²) in [4.78, 5) is 13.8. The number of hydrogen-bond acceptors (Lipinski definition) is 3. The molecule has 1 amide bonds. The zero-order valence-electron chi connectivity index (χ0n) is 11.9. The number of carbonyl (C=O) groups is 1. The predicted molar refractivity (Wildman–Crippen MR) is 75.2 cm³/mol. The topological polar surface area (TPSA) is 49.8 Å². The van der Waals surface area contributed by atoms with Crippen molar-refractivity contribution in [3.8, 4) is 5.75 Å². The fourth-order valence-corrected chi connectivity index (χ4v) is 2.00. The quantitative estimate of drug-likeness (QED) is 0.818. The lowest BCUT2D eigenvalue weighted by Gasteiger charge is -2.26. The average molecular weight is 265 g/mol. The second-order valence-corrected chi connectivity index (χ2v) is 4.76. The monoisotopic (exact) mass is 265 g/mol. The Labute approximate surface area is 115 Å². The first kappa shape index (κ1) is 15.5. The van der Waals surface area contributed by atoms with E-state index in [1.54, 1.807) is 12.0 Å². The highest BCUT2D eigenvalue weighted by atomic mass is 16.5. The first-order valence-corrected chi connectivity index (χ1v) is 6.61. The maximum Gasteiger partial charge on any atom is 0.223 e. The van der Waals surface area contributed by atoms with Crippen LogP contribution in [0, 0.1) is 0 Å². The molecule has 0 bridgehead atoms. The number of benzene rings is 1. The Bertz CT molecular complexity index is 404. The summed E-state index contributed by atoms with van der Waals surface area (Å²) < 4.78 is 5.16. The Morgan fingerprint density at radius 2 is 2.16 bits per heavy atom. The molecule has 1 aromatic carbocycles. The van der Waals surface area contributed by atoms with Crippen molar-refractivity contribution in [1.29, 1.82) is 0 Å². The van der Waals surface area contributed by atoms with Crippen LogP contribution in [0.5, 0.6) is 5.75 Å². The number of hydrogen-bond donors (Lipinski definition) is 1. The van der Waals surface area contributed by atoms with Crippen LogP contribution in [-0.2, 0) is 11.2 Å². The Kier molecular flexibility index (Phi) is 6.36. The van der Waals surface area contributed by atoms with Gasteiger partial charge < -0.3 is 14.7 Å². The molecule has 0 aromatic heterocycles. The molecule has 0 aliphatic carbocycles. The SMILES string of the molecule is COc1cccc(CCC(=O)N(CCO)C(C)C)c1. The van der Waals surface area contributed by atoms with Gasteiger partial charge in [0.1, 0.15) is 5.75 Å². The second-order valence-electron chi connectivity index (χ2n) is 4.76. The minimum absolute atomic E-state index is 0.00306. The Morgan fingerprint density at radius 3 is 2.74 bits per heavy atom. The van der Waals surface area contributed by atoms with Crippen molar-refractivity contribution in [2.24, 2.45) is 0 Å². The van der Waals surface area contributed by atoms with Crippen molar-refractivity contribution in [1.82, 2.24) is 4.90 Å². The van der Waals surface area contributed by atoms with Crippen molar-refractivity contribution in [3.63, 3.8) is 0 Å². The maximum atomic E-state index is 12.1. The minimum Gasteiger partial charge on any atom is -0.497 e. The van der Waals surface area contributed by atoms with Gasteiger partial charge in [0.2, 0.25) is 5.91 Å². The third kappa shape index (κ3) is 4.91. The van der Waals surface area contributed by atoms with E-state index in [0.717, 1.165) is 11.3 Å². The van der Waals surface area contributed by atoms with Gasteiger partial charge in [-0.25, -0.2) is 0 Å². The number of rotatable bonds is 7. The summed E-state index contributed by atoms with van der Waals surface area (Å²) >= 11 is 0. The Hall–Kier alpha value is -1.55. The van der Waals surface area contributed by atoms with Gasteiger partial charge in [-0.2, -0.15) is 0 Å². The van der Waals surface area contributed by atoms with Crippen molar-refractivity contribution in [2.75, 3.05) is 20.3 Å². The number of nitrogens with zero attached hydrogens (tertiary/aromatic N) is 1. The first-order chi connectivity index (χ1) is 9.08. The molecule has 4 nitrogen and oxygen atoms in total. The first-order valence-electron chi connectivity index (χ1n) is 6.61. The molecular formula is C15H23NO3. The van der Waals surface area contributed by atoms with Gasteiger partial charge in [-0.05, 0) is 38.0 Å². The van der Waals surface area contributed by atoms with E-state index < -0.39 is 0 Å². The molecule has 0 fully saturated rings. The molecule has 0 aliphatic rings. The molecule has 0 heterocycles.